The van der Waals surface area contributed by atoms with Gasteiger partial charge in [0.15, 0.2) is 5.69 Å². The van der Waals surface area contributed by atoms with Crippen molar-refractivity contribution in [1.29, 1.82) is 0 Å². The number of hydrogen-bond acceptors (Lipinski definition) is 4. The summed E-state index contributed by atoms with van der Waals surface area (Å²) in [5.74, 6) is 0.251. The lowest BCUT2D eigenvalue weighted by Crippen LogP contribution is -2.09. The van der Waals surface area contributed by atoms with Crippen molar-refractivity contribution in [3.63, 3.8) is 0 Å². The number of esters is 1. The molecule has 1 rings (SSSR count). The lowest BCUT2D eigenvalue weighted by Gasteiger charge is -2.01. The third kappa shape index (κ3) is 2.31. The number of methoxy groups -OCH3 is 1. The van der Waals surface area contributed by atoms with Crippen molar-refractivity contribution in [3.8, 4) is 12.3 Å². The molecular weight excluding hydrogens is 198 g/mol. The van der Waals surface area contributed by atoms with E-state index in [-0.39, 0.29) is 17.0 Å². The van der Waals surface area contributed by atoms with Crippen LogP contribution in [0.25, 0.3) is 0 Å². The quantitative estimate of drug-likeness (QED) is 0.563. The van der Waals surface area contributed by atoms with Gasteiger partial charge in [-0.05, 0) is 12.1 Å². The zero-order valence-electron chi connectivity index (χ0n) is 7.85. The van der Waals surface area contributed by atoms with Gasteiger partial charge in [-0.2, -0.15) is 0 Å². The maximum Gasteiger partial charge on any atom is 0.356 e. The van der Waals surface area contributed by atoms with Gasteiger partial charge in [-0.3, -0.25) is 0 Å². The van der Waals surface area contributed by atoms with Gasteiger partial charge in [0.25, 0.3) is 0 Å². The third-order valence-electron chi connectivity index (χ3n) is 1.61. The summed E-state index contributed by atoms with van der Waals surface area (Å²) in [6.45, 7) is 0. The predicted octanol–water partition coefficient (Wildman–Crippen LogP) is 0.548. The van der Waals surface area contributed by atoms with Gasteiger partial charge in [-0.1, -0.05) is 5.92 Å². The Morgan fingerprint density at radius 2 is 2.07 bits per heavy atom. The average Bonchev–Trinajstić information content (AvgIpc) is 2.27. The van der Waals surface area contributed by atoms with Crippen LogP contribution in [0.15, 0.2) is 12.1 Å². The summed E-state index contributed by atoms with van der Waals surface area (Å²) in [7, 11) is 1.17. The molecule has 15 heavy (non-hydrogen) atoms. The lowest BCUT2D eigenvalue weighted by atomic mass is 10.2. The predicted molar refractivity (Wildman–Crippen MR) is 50.5 cm³/mol. The second-order valence-corrected chi connectivity index (χ2v) is 2.57. The van der Waals surface area contributed by atoms with Crippen LogP contribution >= 0.6 is 0 Å². The summed E-state index contributed by atoms with van der Waals surface area (Å²) < 4.78 is 4.41. The summed E-state index contributed by atoms with van der Waals surface area (Å²) in [5.41, 5.74) is -0.140. The van der Waals surface area contributed by atoms with E-state index in [0.29, 0.717) is 0 Å². The monoisotopic (exact) mass is 205 g/mol. The molecule has 0 unspecified atom stereocenters. The molecule has 1 aromatic rings. The van der Waals surface area contributed by atoms with Crippen molar-refractivity contribution in [3.05, 3.63) is 29.1 Å². The van der Waals surface area contributed by atoms with E-state index in [1.54, 1.807) is 0 Å². The molecule has 0 aliphatic rings. The minimum absolute atomic E-state index is 0.120. The molecule has 5 nitrogen and oxygen atoms in total. The van der Waals surface area contributed by atoms with Crippen LogP contribution in [0.3, 0.4) is 0 Å². The molecule has 5 heteroatoms. The van der Waals surface area contributed by atoms with Crippen LogP contribution in [0, 0.1) is 12.3 Å². The van der Waals surface area contributed by atoms with Crippen molar-refractivity contribution in [2.75, 3.05) is 7.11 Å². The van der Waals surface area contributed by atoms with Crippen molar-refractivity contribution < 1.29 is 19.4 Å². The molecule has 0 amide bonds. The first-order chi connectivity index (χ1) is 7.08. The number of aromatic carboxylic acids is 1. The number of hydrogen-bond donors (Lipinski definition) is 1. The number of carbonyl (C=O) groups excluding carboxylic acids is 1. The molecule has 1 heterocycles. The van der Waals surface area contributed by atoms with Gasteiger partial charge in [0.1, 0.15) is 5.69 Å². The van der Waals surface area contributed by atoms with E-state index in [9.17, 15) is 9.59 Å². The van der Waals surface area contributed by atoms with Gasteiger partial charge in [-0.15, -0.1) is 6.42 Å². The highest BCUT2D eigenvalue weighted by molar-refractivity contribution is 5.91. The molecule has 0 fully saturated rings. The Balaban J connectivity index is 3.31. The number of terminal acetylenes is 1. The van der Waals surface area contributed by atoms with E-state index in [1.807, 2.05) is 0 Å². The Morgan fingerprint density at radius 3 is 2.53 bits per heavy atom. The van der Waals surface area contributed by atoms with Crippen molar-refractivity contribution in [2.45, 2.75) is 0 Å². The summed E-state index contributed by atoms with van der Waals surface area (Å²) >= 11 is 0. The molecule has 0 aliphatic heterocycles. The smallest absolute Gasteiger partial charge is 0.356 e. The summed E-state index contributed by atoms with van der Waals surface area (Å²) in [6.07, 6.45) is 5.11. The number of nitrogens with zero attached hydrogens (tertiary/aromatic N) is 1. The second-order valence-electron chi connectivity index (χ2n) is 2.57. The van der Waals surface area contributed by atoms with Gasteiger partial charge in [0.2, 0.25) is 0 Å². The minimum Gasteiger partial charge on any atom is -0.477 e. The zero-order chi connectivity index (χ0) is 11.4. The van der Waals surface area contributed by atoms with Crippen LogP contribution in [0.5, 0.6) is 0 Å². The fourth-order valence-electron chi connectivity index (χ4n) is 0.933. The fraction of sp³-hybridized carbons (Fsp3) is 0.100. The normalized spacial score (nSPS) is 9.07. The van der Waals surface area contributed by atoms with Crippen molar-refractivity contribution >= 4 is 11.9 Å². The maximum absolute atomic E-state index is 11.1. The summed E-state index contributed by atoms with van der Waals surface area (Å²) in [5, 5.41) is 8.70. The molecule has 1 aromatic heterocycles. The molecule has 0 atom stereocenters. The van der Waals surface area contributed by atoms with E-state index < -0.39 is 11.9 Å². The van der Waals surface area contributed by atoms with Gasteiger partial charge in [-0.25, -0.2) is 14.6 Å². The van der Waals surface area contributed by atoms with Crippen molar-refractivity contribution in [2.24, 2.45) is 0 Å². The largest absolute Gasteiger partial charge is 0.477 e. The number of aromatic nitrogens is 1. The van der Waals surface area contributed by atoms with Gasteiger partial charge >= 0.3 is 11.9 Å². The van der Waals surface area contributed by atoms with Crippen LogP contribution in [0.2, 0.25) is 0 Å². The third-order valence-corrected chi connectivity index (χ3v) is 1.61. The number of rotatable bonds is 2. The summed E-state index contributed by atoms with van der Waals surface area (Å²) in [4.78, 5) is 25.3. The lowest BCUT2D eigenvalue weighted by molar-refractivity contribution is 0.0593. The molecule has 0 spiro atoms. The molecule has 1 N–H and O–H groups in total. The molecular formula is C10H7NO4. The van der Waals surface area contributed by atoms with Crippen LogP contribution in [-0.4, -0.2) is 29.1 Å². The Hall–Kier alpha value is -2.35. The highest BCUT2D eigenvalue weighted by Crippen LogP contribution is 2.06. The first-order valence-electron chi connectivity index (χ1n) is 3.88. The van der Waals surface area contributed by atoms with E-state index in [1.165, 1.54) is 19.2 Å². The van der Waals surface area contributed by atoms with Gasteiger partial charge in [0, 0.05) is 5.56 Å². The second kappa shape index (κ2) is 4.24. The topological polar surface area (TPSA) is 76.5 Å². The van der Waals surface area contributed by atoms with Gasteiger partial charge in [0.05, 0.1) is 7.11 Å². The Morgan fingerprint density at radius 1 is 1.47 bits per heavy atom. The van der Waals surface area contributed by atoms with E-state index >= 15 is 0 Å². The molecule has 0 saturated heterocycles. The Kier molecular flexibility index (Phi) is 3.03. The van der Waals surface area contributed by atoms with Crippen molar-refractivity contribution in [1.82, 2.24) is 4.98 Å². The molecule has 0 saturated carbocycles. The SMILES string of the molecule is C#Cc1cc(C(=O)O)nc(C(=O)OC)c1. The maximum atomic E-state index is 11.1. The number of carboxylic acid groups (broad SMARTS) is 1. The number of carbonyl (C=O) groups is 2. The highest BCUT2D eigenvalue weighted by atomic mass is 16.5. The highest BCUT2D eigenvalue weighted by Gasteiger charge is 2.13. The van der Waals surface area contributed by atoms with Crippen LogP contribution in [0.1, 0.15) is 26.5 Å². The fourth-order valence-corrected chi connectivity index (χ4v) is 0.933. The Labute approximate surface area is 85.7 Å². The first kappa shape index (κ1) is 10.7. The number of ether oxygens (including phenoxy) is 1. The molecule has 76 valence electrons. The molecule has 0 aliphatic carbocycles. The number of carboxylic acids is 1. The van der Waals surface area contributed by atoms with Crippen LogP contribution in [0.4, 0.5) is 0 Å². The number of pyridine rings is 1. The van der Waals surface area contributed by atoms with Crippen LogP contribution in [-0.2, 0) is 4.74 Å². The van der Waals surface area contributed by atoms with E-state index in [2.05, 4.69) is 15.6 Å². The zero-order valence-corrected chi connectivity index (χ0v) is 7.85. The molecule has 0 bridgehead atoms. The summed E-state index contributed by atoms with van der Waals surface area (Å²) in [6, 6.07) is 2.49. The minimum atomic E-state index is -1.25. The standard InChI is InChI=1S/C10H7NO4/c1-3-6-4-7(9(12)13)11-8(5-6)10(14)15-2/h1,4-5H,2H3,(H,12,13). The Bertz CT molecular complexity index is 459. The average molecular weight is 205 g/mol. The molecule has 0 radical (unpaired) electrons. The molecule has 0 aromatic carbocycles. The van der Waals surface area contributed by atoms with Crippen LogP contribution < -0.4 is 0 Å². The van der Waals surface area contributed by atoms with E-state index in [0.717, 1.165) is 0 Å². The van der Waals surface area contributed by atoms with Gasteiger partial charge < -0.3 is 9.84 Å². The van der Waals surface area contributed by atoms with E-state index in [4.69, 9.17) is 11.5 Å². The first-order valence-corrected chi connectivity index (χ1v) is 3.88.